The van der Waals surface area contributed by atoms with E-state index in [1.807, 2.05) is 13.0 Å². The number of H-pyrrole nitrogens is 1. The van der Waals surface area contributed by atoms with Crippen molar-refractivity contribution in [2.75, 3.05) is 6.61 Å². The summed E-state index contributed by atoms with van der Waals surface area (Å²) in [7, 11) is 0. The minimum absolute atomic E-state index is 0.194. The lowest BCUT2D eigenvalue weighted by Crippen LogP contribution is -2.21. The molecule has 0 amide bonds. The van der Waals surface area contributed by atoms with E-state index in [1.165, 1.54) is 33.9 Å². The van der Waals surface area contributed by atoms with E-state index >= 15 is 0 Å². The van der Waals surface area contributed by atoms with E-state index in [-0.39, 0.29) is 11.7 Å². The monoisotopic (exact) mass is 547 g/mol. The van der Waals surface area contributed by atoms with Gasteiger partial charge in [0, 0.05) is 17.8 Å². The molecule has 3 atom stereocenters. The topological polar surface area (TPSA) is 50.3 Å². The Morgan fingerprint density at radius 2 is 1.83 bits per heavy atom. The number of halogens is 1. The molecule has 2 aliphatic rings. The fraction of sp³-hybridized carbons (Fsp3) is 0.333. The number of nitrogens with one attached hydrogen (secondary N) is 1. The van der Waals surface area contributed by atoms with Crippen LogP contribution < -0.4 is 4.74 Å². The first-order chi connectivity index (χ1) is 19.8. The summed E-state index contributed by atoms with van der Waals surface area (Å²) in [6.07, 6.45) is 7.82. The van der Waals surface area contributed by atoms with E-state index in [1.54, 1.807) is 12.1 Å². The minimum atomic E-state index is -0.194. The highest BCUT2D eigenvalue weighted by atomic mass is 19.1. The molecule has 0 saturated carbocycles. The summed E-state index contributed by atoms with van der Waals surface area (Å²) in [4.78, 5) is 12.9. The summed E-state index contributed by atoms with van der Waals surface area (Å²) >= 11 is 0. The maximum Gasteiger partial charge on any atom is 0.123 e. The zero-order valence-electron chi connectivity index (χ0n) is 24.4. The molecule has 0 saturated heterocycles. The maximum absolute atomic E-state index is 14.0. The van der Waals surface area contributed by atoms with Gasteiger partial charge in [-0.25, -0.2) is 9.37 Å². The van der Waals surface area contributed by atoms with Crippen LogP contribution in [0.3, 0.4) is 0 Å². The van der Waals surface area contributed by atoms with Crippen molar-refractivity contribution in [1.82, 2.24) is 9.97 Å². The Hall–Kier alpha value is -3.99. The van der Waals surface area contributed by atoms with Crippen molar-refractivity contribution in [2.45, 2.75) is 53.4 Å². The third-order valence-electron chi connectivity index (χ3n) is 8.62. The van der Waals surface area contributed by atoms with Crippen molar-refractivity contribution < 1.29 is 9.13 Å². The van der Waals surface area contributed by atoms with Gasteiger partial charge in [0.1, 0.15) is 17.4 Å². The van der Waals surface area contributed by atoms with E-state index < -0.39 is 0 Å². The smallest absolute Gasteiger partial charge is 0.123 e. The molecule has 1 N–H and O–H groups in total. The second-order valence-corrected chi connectivity index (χ2v) is 11.9. The fourth-order valence-electron chi connectivity index (χ4n) is 6.37. The van der Waals surface area contributed by atoms with Gasteiger partial charge in [0.25, 0.3) is 0 Å². The van der Waals surface area contributed by atoms with E-state index in [9.17, 15) is 4.39 Å². The number of fused-ring (bicyclic) bond motifs is 2. The Balaban J connectivity index is 1.27. The molecule has 0 radical (unpaired) electrons. The molecular weight excluding hydrogens is 509 g/mol. The van der Waals surface area contributed by atoms with Gasteiger partial charge in [0.05, 0.1) is 17.6 Å². The average molecular weight is 548 g/mol. The number of aliphatic imine (C=N–C) groups is 1. The molecule has 0 aliphatic carbocycles. The van der Waals surface area contributed by atoms with Crippen LogP contribution in [0.4, 0.5) is 4.39 Å². The lowest BCUT2D eigenvalue weighted by atomic mass is 9.80. The number of hydrogen-bond donors (Lipinski definition) is 1. The third kappa shape index (κ3) is 6.04. The molecule has 0 bridgehead atoms. The summed E-state index contributed by atoms with van der Waals surface area (Å²) < 4.78 is 20.4. The van der Waals surface area contributed by atoms with Crippen molar-refractivity contribution in [3.05, 3.63) is 106 Å². The number of nitrogens with zero attached hydrogens (tertiary/aromatic N) is 2. The summed E-state index contributed by atoms with van der Waals surface area (Å²) in [5.41, 5.74) is 10.2. The third-order valence-corrected chi connectivity index (χ3v) is 8.62. The first-order valence-corrected chi connectivity index (χ1v) is 14.7. The minimum Gasteiger partial charge on any atom is -0.493 e. The summed E-state index contributed by atoms with van der Waals surface area (Å²) in [5, 5.41) is 0. The average Bonchev–Trinajstić information content (AvgIpc) is 3.26. The second kappa shape index (κ2) is 11.5. The van der Waals surface area contributed by atoms with Crippen LogP contribution in [0.5, 0.6) is 5.75 Å². The molecule has 2 aliphatic heterocycles. The highest BCUT2D eigenvalue weighted by Crippen LogP contribution is 2.37. The molecular formula is C36H38FN3O. The molecule has 4 aromatic rings. The first kappa shape index (κ1) is 27.2. The largest absolute Gasteiger partial charge is 0.493 e. The van der Waals surface area contributed by atoms with Crippen molar-refractivity contribution in [2.24, 2.45) is 22.7 Å². The number of rotatable bonds is 5. The summed E-state index contributed by atoms with van der Waals surface area (Å²) in [5.74, 6) is 2.86. The number of ether oxygens (including phenoxy) is 1. The van der Waals surface area contributed by atoms with Crippen LogP contribution in [-0.4, -0.2) is 22.8 Å². The SMILES string of the molecule is CC1=CC(C)C=NC(CC2CCOc3ccc(-c4ccc5nc(C)[nH]c5c4)cc3CC2C)=C1Cc1cccc(F)c1. The van der Waals surface area contributed by atoms with E-state index in [2.05, 4.69) is 79.4 Å². The van der Waals surface area contributed by atoms with Crippen molar-refractivity contribution in [3.63, 3.8) is 0 Å². The molecule has 41 heavy (non-hydrogen) atoms. The van der Waals surface area contributed by atoms with Gasteiger partial charge in [0.2, 0.25) is 0 Å². The maximum atomic E-state index is 14.0. The predicted molar refractivity (Wildman–Crippen MR) is 166 cm³/mol. The Labute approximate surface area is 242 Å². The van der Waals surface area contributed by atoms with E-state index in [0.717, 1.165) is 53.1 Å². The summed E-state index contributed by atoms with van der Waals surface area (Å²) in [6, 6.07) is 19.9. The molecule has 3 aromatic carbocycles. The number of benzene rings is 3. The van der Waals surface area contributed by atoms with E-state index in [0.29, 0.717) is 24.9 Å². The van der Waals surface area contributed by atoms with Crippen molar-refractivity contribution >= 4 is 17.2 Å². The van der Waals surface area contributed by atoms with E-state index in [4.69, 9.17) is 9.73 Å². The highest BCUT2D eigenvalue weighted by Gasteiger charge is 2.26. The zero-order valence-corrected chi connectivity index (χ0v) is 24.4. The van der Waals surface area contributed by atoms with Crippen LogP contribution in [0.1, 0.15) is 50.6 Å². The van der Waals surface area contributed by atoms with Crippen LogP contribution in [0.25, 0.3) is 22.2 Å². The van der Waals surface area contributed by atoms with Gasteiger partial charge in [-0.2, -0.15) is 0 Å². The molecule has 3 unspecified atom stereocenters. The Bertz CT molecular complexity index is 1680. The molecule has 210 valence electrons. The molecule has 0 spiro atoms. The van der Waals surface area contributed by atoms with Crippen LogP contribution in [-0.2, 0) is 12.8 Å². The number of allylic oxidation sites excluding steroid dienone is 4. The molecule has 1 aromatic heterocycles. The van der Waals surface area contributed by atoms with Crippen LogP contribution >= 0.6 is 0 Å². The Morgan fingerprint density at radius 3 is 2.68 bits per heavy atom. The fourth-order valence-corrected chi connectivity index (χ4v) is 6.37. The second-order valence-electron chi connectivity index (χ2n) is 11.9. The van der Waals surface area contributed by atoms with Gasteiger partial charge in [-0.1, -0.05) is 44.2 Å². The first-order valence-electron chi connectivity index (χ1n) is 14.7. The summed E-state index contributed by atoms with van der Waals surface area (Å²) in [6.45, 7) is 9.37. The number of aromatic amines is 1. The molecule has 0 fully saturated rings. The Morgan fingerprint density at radius 1 is 1.00 bits per heavy atom. The van der Waals surface area contributed by atoms with Crippen LogP contribution in [0.15, 0.2) is 88.6 Å². The lowest BCUT2D eigenvalue weighted by Gasteiger charge is -2.29. The van der Waals surface area contributed by atoms with Gasteiger partial charge in [-0.05, 0) is 121 Å². The number of aromatic nitrogens is 2. The van der Waals surface area contributed by atoms with Crippen molar-refractivity contribution in [3.8, 4) is 16.9 Å². The lowest BCUT2D eigenvalue weighted by molar-refractivity contribution is 0.221. The predicted octanol–water partition coefficient (Wildman–Crippen LogP) is 8.81. The molecule has 3 heterocycles. The van der Waals surface area contributed by atoms with Gasteiger partial charge < -0.3 is 9.72 Å². The van der Waals surface area contributed by atoms with Gasteiger partial charge in [0.15, 0.2) is 0 Å². The number of imidazole rings is 1. The number of hydrogen-bond acceptors (Lipinski definition) is 3. The standard InChI is InChI=1S/C36H38FN3O/c1-22-14-24(3)32(17-26-6-5-7-31(37)16-26)34(38-21-22)19-27-12-13-41-36-11-9-28(18-30(36)15-23(27)2)29-8-10-33-35(20-29)40-25(4)39-33/h5-11,14,16,18,20-23,27H,12-13,15,17,19H2,1-4H3,(H,39,40). The van der Waals surface area contributed by atoms with Gasteiger partial charge >= 0.3 is 0 Å². The normalized spacial score (nSPS) is 21.1. The quantitative estimate of drug-likeness (QED) is 0.271. The molecule has 4 nitrogen and oxygen atoms in total. The van der Waals surface area contributed by atoms with Gasteiger partial charge in [-0.15, -0.1) is 0 Å². The van der Waals surface area contributed by atoms with Gasteiger partial charge in [-0.3, -0.25) is 4.99 Å². The van der Waals surface area contributed by atoms with Crippen LogP contribution in [0.2, 0.25) is 0 Å². The number of aryl methyl sites for hydroxylation is 1. The van der Waals surface area contributed by atoms with Crippen LogP contribution in [0, 0.1) is 30.5 Å². The molecule has 6 rings (SSSR count). The Kier molecular flexibility index (Phi) is 7.61. The zero-order chi connectivity index (χ0) is 28.5. The van der Waals surface area contributed by atoms with Crippen molar-refractivity contribution in [1.29, 1.82) is 0 Å². The highest BCUT2D eigenvalue weighted by molar-refractivity contribution is 5.82. The molecule has 5 heteroatoms.